The Labute approximate surface area is 156 Å². The molecule has 0 aliphatic heterocycles. The van der Waals surface area contributed by atoms with Crippen LogP contribution in [0, 0.1) is 5.41 Å². The SMILES string of the molecule is CC(=O)C(Cc1ccc(Cl)cc1)(OC(=O)C1(C(=O)O)CCCC1)C(C)=O. The number of ketones is 2. The maximum absolute atomic E-state index is 12.7. The van der Waals surface area contributed by atoms with Gasteiger partial charge >= 0.3 is 11.9 Å². The number of hydrogen-bond donors (Lipinski definition) is 1. The number of esters is 1. The van der Waals surface area contributed by atoms with Crippen LogP contribution in [0.3, 0.4) is 0 Å². The Kier molecular flexibility index (Phi) is 5.86. The summed E-state index contributed by atoms with van der Waals surface area (Å²) in [5, 5.41) is 10.0. The topological polar surface area (TPSA) is 97.7 Å². The van der Waals surface area contributed by atoms with Gasteiger partial charge in [0.05, 0.1) is 0 Å². The average molecular weight is 381 g/mol. The molecule has 0 radical (unpaired) electrons. The maximum atomic E-state index is 12.7. The van der Waals surface area contributed by atoms with Gasteiger partial charge in [0, 0.05) is 11.4 Å². The molecule has 0 bridgehead atoms. The van der Waals surface area contributed by atoms with Gasteiger partial charge in [-0.15, -0.1) is 0 Å². The lowest BCUT2D eigenvalue weighted by molar-refractivity contribution is -0.185. The lowest BCUT2D eigenvalue weighted by Crippen LogP contribution is -2.53. The normalized spacial score (nSPS) is 16.1. The van der Waals surface area contributed by atoms with E-state index in [-0.39, 0.29) is 19.3 Å². The summed E-state index contributed by atoms with van der Waals surface area (Å²) in [6.45, 7) is 2.32. The van der Waals surface area contributed by atoms with Gasteiger partial charge in [-0.05, 0) is 44.4 Å². The number of carboxylic acid groups (broad SMARTS) is 1. The van der Waals surface area contributed by atoms with Crippen LogP contribution < -0.4 is 0 Å². The lowest BCUT2D eigenvalue weighted by Gasteiger charge is -2.32. The van der Waals surface area contributed by atoms with E-state index in [2.05, 4.69) is 0 Å². The van der Waals surface area contributed by atoms with Crippen molar-refractivity contribution < 1.29 is 29.0 Å². The number of rotatable bonds is 7. The van der Waals surface area contributed by atoms with Crippen LogP contribution in [0.1, 0.15) is 45.1 Å². The molecular formula is C19H21ClO6. The van der Waals surface area contributed by atoms with E-state index in [0.29, 0.717) is 23.4 Å². The molecule has 26 heavy (non-hydrogen) atoms. The summed E-state index contributed by atoms with van der Waals surface area (Å²) >= 11 is 5.85. The second kappa shape index (κ2) is 7.58. The third-order valence-corrected chi connectivity index (χ3v) is 5.28. The first-order valence-corrected chi connectivity index (χ1v) is 8.75. The van der Waals surface area contributed by atoms with Gasteiger partial charge in [0.2, 0.25) is 5.60 Å². The minimum absolute atomic E-state index is 0.133. The average Bonchev–Trinajstić information content (AvgIpc) is 3.07. The summed E-state index contributed by atoms with van der Waals surface area (Å²) in [6, 6.07) is 6.44. The van der Waals surface area contributed by atoms with Gasteiger partial charge in [0.1, 0.15) is 0 Å². The fourth-order valence-electron chi connectivity index (χ4n) is 3.31. The molecule has 0 saturated heterocycles. The highest BCUT2D eigenvalue weighted by molar-refractivity contribution is 6.30. The minimum atomic E-state index is -2.05. The van der Waals surface area contributed by atoms with E-state index in [4.69, 9.17) is 16.3 Å². The Balaban J connectivity index is 2.39. The molecule has 0 unspecified atom stereocenters. The lowest BCUT2D eigenvalue weighted by atomic mass is 9.83. The van der Waals surface area contributed by atoms with Crippen molar-refractivity contribution in [2.24, 2.45) is 5.41 Å². The third kappa shape index (κ3) is 3.65. The Morgan fingerprint density at radius 3 is 2.00 bits per heavy atom. The second-order valence-corrected chi connectivity index (χ2v) is 7.16. The van der Waals surface area contributed by atoms with Crippen LogP contribution in [-0.4, -0.2) is 34.2 Å². The molecule has 1 aromatic carbocycles. The molecule has 0 spiro atoms. The van der Waals surface area contributed by atoms with E-state index in [1.165, 1.54) is 0 Å². The Bertz CT molecular complexity index is 717. The van der Waals surface area contributed by atoms with E-state index < -0.39 is 34.5 Å². The Morgan fingerprint density at radius 2 is 1.58 bits per heavy atom. The zero-order chi connectivity index (χ0) is 19.5. The molecule has 6 nitrogen and oxygen atoms in total. The van der Waals surface area contributed by atoms with Gasteiger partial charge in [0.15, 0.2) is 17.0 Å². The number of carbonyl (C=O) groups excluding carboxylic acids is 3. The van der Waals surface area contributed by atoms with Crippen molar-refractivity contribution in [1.82, 2.24) is 0 Å². The molecule has 0 heterocycles. The molecular weight excluding hydrogens is 360 g/mol. The van der Waals surface area contributed by atoms with E-state index in [1.54, 1.807) is 24.3 Å². The number of ether oxygens (including phenoxy) is 1. The minimum Gasteiger partial charge on any atom is -0.480 e. The molecule has 1 aliphatic rings. The molecule has 0 aromatic heterocycles. The van der Waals surface area contributed by atoms with E-state index in [1.807, 2.05) is 0 Å². The zero-order valence-corrected chi connectivity index (χ0v) is 15.5. The van der Waals surface area contributed by atoms with Gasteiger partial charge in [-0.25, -0.2) is 0 Å². The number of carbonyl (C=O) groups is 4. The largest absolute Gasteiger partial charge is 0.480 e. The quantitative estimate of drug-likeness (QED) is 0.576. The van der Waals surface area contributed by atoms with Crippen molar-refractivity contribution in [2.45, 2.75) is 51.6 Å². The number of aliphatic carboxylic acids is 1. The monoisotopic (exact) mass is 380 g/mol. The van der Waals surface area contributed by atoms with Gasteiger partial charge in [0.25, 0.3) is 0 Å². The van der Waals surface area contributed by atoms with Crippen LogP contribution in [-0.2, 0) is 30.3 Å². The van der Waals surface area contributed by atoms with Crippen molar-refractivity contribution >= 4 is 35.1 Å². The second-order valence-electron chi connectivity index (χ2n) is 6.73. The number of benzene rings is 1. The van der Waals surface area contributed by atoms with Crippen LogP contribution >= 0.6 is 11.6 Å². The van der Waals surface area contributed by atoms with Crippen molar-refractivity contribution in [3.63, 3.8) is 0 Å². The molecule has 1 aromatic rings. The zero-order valence-electron chi connectivity index (χ0n) is 14.7. The molecule has 2 rings (SSSR count). The van der Waals surface area contributed by atoms with E-state index in [9.17, 15) is 24.3 Å². The molecule has 1 saturated carbocycles. The number of carboxylic acids is 1. The van der Waals surface area contributed by atoms with Crippen molar-refractivity contribution in [3.05, 3.63) is 34.9 Å². The van der Waals surface area contributed by atoms with E-state index >= 15 is 0 Å². The van der Waals surface area contributed by atoms with Crippen molar-refractivity contribution in [1.29, 1.82) is 0 Å². The molecule has 1 aliphatic carbocycles. The fourth-order valence-corrected chi connectivity index (χ4v) is 3.43. The van der Waals surface area contributed by atoms with Gasteiger partial charge in [-0.2, -0.15) is 0 Å². The van der Waals surface area contributed by atoms with Gasteiger partial charge < -0.3 is 9.84 Å². The van der Waals surface area contributed by atoms with Crippen molar-refractivity contribution in [3.8, 4) is 0 Å². The van der Waals surface area contributed by atoms with Crippen molar-refractivity contribution in [2.75, 3.05) is 0 Å². The summed E-state index contributed by atoms with van der Waals surface area (Å²) in [5.74, 6) is -3.60. The first-order chi connectivity index (χ1) is 12.1. The van der Waals surface area contributed by atoms with Gasteiger partial charge in [-0.1, -0.05) is 36.6 Å². The van der Waals surface area contributed by atoms with Crippen LogP contribution in [0.25, 0.3) is 0 Å². The van der Waals surface area contributed by atoms with E-state index in [0.717, 1.165) is 13.8 Å². The highest BCUT2D eigenvalue weighted by Crippen LogP contribution is 2.41. The summed E-state index contributed by atoms with van der Waals surface area (Å²) in [7, 11) is 0. The summed E-state index contributed by atoms with van der Waals surface area (Å²) in [6.07, 6.45) is 1.25. The maximum Gasteiger partial charge on any atom is 0.324 e. The third-order valence-electron chi connectivity index (χ3n) is 5.03. The first kappa shape index (κ1) is 20.1. The number of hydrogen-bond acceptors (Lipinski definition) is 5. The molecule has 1 N–H and O–H groups in total. The number of Topliss-reactive ketones (excluding diaryl/α,β-unsaturated/α-hetero) is 2. The smallest absolute Gasteiger partial charge is 0.324 e. The summed E-state index contributed by atoms with van der Waals surface area (Å²) < 4.78 is 5.39. The molecule has 7 heteroatoms. The molecule has 1 fully saturated rings. The Morgan fingerprint density at radius 1 is 1.08 bits per heavy atom. The predicted octanol–water partition coefficient (Wildman–Crippen LogP) is 2.99. The first-order valence-electron chi connectivity index (χ1n) is 8.37. The predicted molar refractivity (Wildman–Crippen MR) is 93.9 cm³/mol. The highest BCUT2D eigenvalue weighted by Gasteiger charge is 2.54. The number of halogens is 1. The fraction of sp³-hybridized carbons (Fsp3) is 0.474. The molecule has 140 valence electrons. The summed E-state index contributed by atoms with van der Waals surface area (Å²) in [4.78, 5) is 49.1. The molecule has 0 amide bonds. The van der Waals surface area contributed by atoms with Crippen LogP contribution in [0.15, 0.2) is 24.3 Å². The van der Waals surface area contributed by atoms with Crippen LogP contribution in [0.2, 0.25) is 5.02 Å². The Hall–Kier alpha value is -2.21. The van der Waals surface area contributed by atoms with Crippen LogP contribution in [0.4, 0.5) is 0 Å². The molecule has 0 atom stereocenters. The van der Waals surface area contributed by atoms with Gasteiger partial charge in [-0.3, -0.25) is 19.2 Å². The van der Waals surface area contributed by atoms with Crippen LogP contribution in [0.5, 0.6) is 0 Å². The standard InChI is InChI=1S/C19H21ClO6/c1-12(21)19(13(2)22,11-14-5-7-15(20)8-6-14)26-17(25)18(16(23)24)9-3-4-10-18/h5-8H,3-4,9-11H2,1-2H3,(H,23,24). The summed E-state index contributed by atoms with van der Waals surface area (Å²) in [5.41, 5.74) is -3.17. The highest BCUT2D eigenvalue weighted by atomic mass is 35.5.